The Morgan fingerprint density at radius 3 is 3.14 bits per heavy atom. The van der Waals surface area contributed by atoms with Gasteiger partial charge in [-0.05, 0) is 7.05 Å². The zero-order valence-electron chi connectivity index (χ0n) is 8.49. The lowest BCUT2D eigenvalue weighted by molar-refractivity contribution is 0.110. The Hall–Kier alpha value is -0.490. The van der Waals surface area contributed by atoms with Gasteiger partial charge in [0.15, 0.2) is 0 Å². The van der Waals surface area contributed by atoms with Gasteiger partial charge in [-0.2, -0.15) is 0 Å². The van der Waals surface area contributed by atoms with Crippen molar-refractivity contribution >= 4 is 11.3 Å². The second-order valence-corrected chi connectivity index (χ2v) is 3.89. The average molecular weight is 216 g/mol. The van der Waals surface area contributed by atoms with Crippen molar-refractivity contribution in [2.45, 2.75) is 19.1 Å². The second-order valence-electron chi connectivity index (χ2n) is 3.00. The van der Waals surface area contributed by atoms with E-state index in [-0.39, 0.29) is 0 Å². The third kappa shape index (κ3) is 3.34. The van der Waals surface area contributed by atoms with E-state index in [1.165, 1.54) is 11.3 Å². The maximum atomic E-state index is 9.68. The minimum Gasteiger partial charge on any atom is -0.386 e. The zero-order chi connectivity index (χ0) is 10.4. The highest BCUT2D eigenvalue weighted by Crippen LogP contribution is 2.20. The summed E-state index contributed by atoms with van der Waals surface area (Å²) in [5, 5.41) is 15.4. The fourth-order valence-corrected chi connectivity index (χ4v) is 1.93. The Kier molecular flexibility index (Phi) is 5.03. The molecule has 1 rings (SSSR count). The summed E-state index contributed by atoms with van der Waals surface area (Å²) < 4.78 is 4.89. The van der Waals surface area contributed by atoms with E-state index in [0.29, 0.717) is 13.0 Å². The van der Waals surface area contributed by atoms with Crippen molar-refractivity contribution in [1.29, 1.82) is 0 Å². The topological polar surface area (TPSA) is 54.4 Å². The number of aliphatic hydroxyl groups is 1. The zero-order valence-corrected chi connectivity index (χ0v) is 9.30. The molecule has 0 aliphatic carbocycles. The number of nitrogens with zero attached hydrogens (tertiary/aromatic N) is 1. The minimum absolute atomic E-state index is 0.495. The van der Waals surface area contributed by atoms with Gasteiger partial charge in [0, 0.05) is 32.1 Å². The van der Waals surface area contributed by atoms with Crippen LogP contribution in [0.25, 0.3) is 0 Å². The largest absolute Gasteiger partial charge is 0.386 e. The predicted octanol–water partition coefficient (Wildman–Crippen LogP) is 0.932. The molecule has 1 atom stereocenters. The molecule has 0 bridgehead atoms. The first-order valence-corrected chi connectivity index (χ1v) is 5.41. The lowest BCUT2D eigenvalue weighted by atomic mass is 10.3. The van der Waals surface area contributed by atoms with Gasteiger partial charge in [-0.25, -0.2) is 4.98 Å². The van der Waals surface area contributed by atoms with E-state index in [9.17, 15) is 5.11 Å². The van der Waals surface area contributed by atoms with Crippen molar-refractivity contribution in [2.75, 3.05) is 20.8 Å². The van der Waals surface area contributed by atoms with Crippen LogP contribution in [-0.2, 0) is 11.3 Å². The molecule has 2 N–H and O–H groups in total. The number of ether oxygens (including phenoxy) is 1. The molecule has 80 valence electrons. The summed E-state index contributed by atoms with van der Waals surface area (Å²) in [6.45, 7) is 1.30. The molecule has 0 spiro atoms. The molecule has 0 amide bonds. The molecular formula is C9H16N2O2S. The van der Waals surface area contributed by atoms with Crippen molar-refractivity contribution in [2.24, 2.45) is 0 Å². The van der Waals surface area contributed by atoms with Gasteiger partial charge in [0.25, 0.3) is 0 Å². The van der Waals surface area contributed by atoms with E-state index >= 15 is 0 Å². The van der Waals surface area contributed by atoms with E-state index in [2.05, 4.69) is 10.3 Å². The van der Waals surface area contributed by atoms with Crippen molar-refractivity contribution < 1.29 is 9.84 Å². The van der Waals surface area contributed by atoms with Crippen LogP contribution in [0.1, 0.15) is 23.2 Å². The van der Waals surface area contributed by atoms with Gasteiger partial charge < -0.3 is 15.2 Å². The summed E-state index contributed by atoms with van der Waals surface area (Å²) in [6.07, 6.45) is 0.105. The monoisotopic (exact) mass is 216 g/mol. The summed E-state index contributed by atoms with van der Waals surface area (Å²) in [5.41, 5.74) is 0.976. The van der Waals surface area contributed by atoms with Crippen LogP contribution in [0.15, 0.2) is 5.38 Å². The van der Waals surface area contributed by atoms with Crippen molar-refractivity contribution in [3.8, 4) is 0 Å². The van der Waals surface area contributed by atoms with Crippen molar-refractivity contribution in [3.05, 3.63) is 16.1 Å². The van der Waals surface area contributed by atoms with E-state index in [4.69, 9.17) is 4.74 Å². The van der Waals surface area contributed by atoms with Crippen molar-refractivity contribution in [3.63, 3.8) is 0 Å². The van der Waals surface area contributed by atoms with Crippen LogP contribution >= 0.6 is 11.3 Å². The Labute approximate surface area is 87.9 Å². The summed E-state index contributed by atoms with van der Waals surface area (Å²) in [4.78, 5) is 4.30. The maximum absolute atomic E-state index is 9.68. The summed E-state index contributed by atoms with van der Waals surface area (Å²) in [6, 6.07) is 0. The van der Waals surface area contributed by atoms with E-state index in [1.807, 2.05) is 12.4 Å². The molecule has 5 heteroatoms. The Morgan fingerprint density at radius 1 is 1.71 bits per heavy atom. The standard InChI is InChI=1S/C9H16N2O2S/c1-10-5-7-6-14-9(11-7)8(12)3-4-13-2/h6,8,10,12H,3-5H2,1-2H3. The van der Waals surface area contributed by atoms with Gasteiger partial charge in [0.05, 0.1) is 5.69 Å². The molecule has 1 heterocycles. The predicted molar refractivity (Wildman–Crippen MR) is 56.3 cm³/mol. The van der Waals surface area contributed by atoms with Gasteiger partial charge in [0.1, 0.15) is 11.1 Å². The molecule has 0 fully saturated rings. The highest BCUT2D eigenvalue weighted by molar-refractivity contribution is 7.09. The van der Waals surface area contributed by atoms with Gasteiger partial charge in [0.2, 0.25) is 0 Å². The molecule has 0 radical (unpaired) electrons. The third-order valence-corrected chi connectivity index (χ3v) is 2.80. The smallest absolute Gasteiger partial charge is 0.122 e. The first kappa shape index (κ1) is 11.6. The Balaban J connectivity index is 2.48. The molecule has 0 aliphatic heterocycles. The lowest BCUT2D eigenvalue weighted by Crippen LogP contribution is -2.06. The van der Waals surface area contributed by atoms with E-state index < -0.39 is 6.10 Å². The summed E-state index contributed by atoms with van der Waals surface area (Å²) >= 11 is 1.49. The van der Waals surface area contributed by atoms with Crippen LogP contribution in [0, 0.1) is 0 Å². The third-order valence-electron chi connectivity index (χ3n) is 1.81. The Morgan fingerprint density at radius 2 is 2.50 bits per heavy atom. The quantitative estimate of drug-likeness (QED) is 0.743. The molecule has 1 unspecified atom stereocenters. The molecule has 1 aromatic rings. The number of rotatable bonds is 6. The number of aliphatic hydroxyl groups excluding tert-OH is 1. The molecule has 1 aromatic heterocycles. The van der Waals surface area contributed by atoms with Gasteiger partial charge in [-0.15, -0.1) is 11.3 Å². The van der Waals surface area contributed by atoms with Crippen molar-refractivity contribution in [1.82, 2.24) is 10.3 Å². The first-order valence-electron chi connectivity index (χ1n) is 4.53. The van der Waals surface area contributed by atoms with Gasteiger partial charge >= 0.3 is 0 Å². The molecular weight excluding hydrogens is 200 g/mol. The number of nitrogens with one attached hydrogen (secondary N) is 1. The number of hydrogen-bond acceptors (Lipinski definition) is 5. The van der Waals surface area contributed by atoms with Gasteiger partial charge in [-0.3, -0.25) is 0 Å². The fourth-order valence-electron chi connectivity index (χ4n) is 1.09. The van der Waals surface area contributed by atoms with Crippen LogP contribution in [0.4, 0.5) is 0 Å². The molecule has 0 saturated carbocycles. The second kappa shape index (κ2) is 6.08. The molecule has 14 heavy (non-hydrogen) atoms. The number of aromatic nitrogens is 1. The normalized spacial score (nSPS) is 13.1. The molecule has 0 aromatic carbocycles. The molecule has 0 aliphatic rings. The Bertz CT molecular complexity index is 265. The summed E-state index contributed by atoms with van der Waals surface area (Å²) in [5.74, 6) is 0. The maximum Gasteiger partial charge on any atom is 0.122 e. The van der Waals surface area contributed by atoms with Crippen LogP contribution < -0.4 is 5.32 Å². The lowest BCUT2D eigenvalue weighted by Gasteiger charge is -2.05. The van der Waals surface area contributed by atoms with E-state index in [1.54, 1.807) is 7.11 Å². The van der Waals surface area contributed by atoms with E-state index in [0.717, 1.165) is 17.2 Å². The fraction of sp³-hybridized carbons (Fsp3) is 0.667. The highest BCUT2D eigenvalue weighted by atomic mass is 32.1. The van der Waals surface area contributed by atoms with Crippen LogP contribution in [-0.4, -0.2) is 30.9 Å². The number of hydrogen-bond donors (Lipinski definition) is 2. The molecule has 4 nitrogen and oxygen atoms in total. The van der Waals surface area contributed by atoms with Crippen LogP contribution in [0.5, 0.6) is 0 Å². The first-order chi connectivity index (χ1) is 6.77. The van der Waals surface area contributed by atoms with Crippen LogP contribution in [0.2, 0.25) is 0 Å². The van der Waals surface area contributed by atoms with Gasteiger partial charge in [-0.1, -0.05) is 0 Å². The number of methoxy groups -OCH3 is 1. The number of thiazole rings is 1. The van der Waals surface area contributed by atoms with Crippen LogP contribution in [0.3, 0.4) is 0 Å². The minimum atomic E-state index is -0.495. The SMILES string of the molecule is CNCc1csc(C(O)CCOC)n1. The average Bonchev–Trinajstić information content (AvgIpc) is 2.63. The highest BCUT2D eigenvalue weighted by Gasteiger charge is 2.11. The summed E-state index contributed by atoms with van der Waals surface area (Å²) in [7, 11) is 3.50. The molecule has 0 saturated heterocycles.